The van der Waals surface area contributed by atoms with Gasteiger partial charge in [-0.25, -0.2) is 0 Å². The van der Waals surface area contributed by atoms with E-state index in [0.29, 0.717) is 0 Å². The second kappa shape index (κ2) is 2.78. The van der Waals surface area contributed by atoms with E-state index >= 15 is 0 Å². The molecule has 0 radical (unpaired) electrons. The first-order valence-electron chi connectivity index (χ1n) is 4.99. The van der Waals surface area contributed by atoms with E-state index in [9.17, 15) is 0 Å². The molecule has 2 aliphatic rings. The second-order valence-electron chi connectivity index (χ2n) is 4.39. The molecule has 1 saturated carbocycles. The maximum atomic E-state index is 2.54. The summed E-state index contributed by atoms with van der Waals surface area (Å²) in [6, 6.07) is 0.861. The molecule has 0 aromatic rings. The normalized spacial score (nSPS) is 45.8. The molecular formula is C10H19N. The summed E-state index contributed by atoms with van der Waals surface area (Å²) in [5.74, 6) is 2.08. The summed E-state index contributed by atoms with van der Waals surface area (Å²) in [7, 11) is 2.28. The fourth-order valence-electron chi connectivity index (χ4n) is 2.96. The lowest BCUT2D eigenvalue weighted by Gasteiger charge is -2.26. The molecule has 0 aromatic carbocycles. The first-order chi connectivity index (χ1) is 5.29. The molecule has 1 aliphatic heterocycles. The Morgan fingerprint density at radius 2 is 1.91 bits per heavy atom. The topological polar surface area (TPSA) is 3.24 Å². The summed E-state index contributed by atoms with van der Waals surface area (Å²) < 4.78 is 0. The van der Waals surface area contributed by atoms with Crippen molar-refractivity contribution in [2.75, 3.05) is 13.6 Å². The third-order valence-electron chi connectivity index (χ3n) is 3.81. The van der Waals surface area contributed by atoms with Gasteiger partial charge in [0.25, 0.3) is 0 Å². The summed E-state index contributed by atoms with van der Waals surface area (Å²) in [5, 5.41) is 0. The van der Waals surface area contributed by atoms with Crippen molar-refractivity contribution in [3.8, 4) is 0 Å². The van der Waals surface area contributed by atoms with Crippen molar-refractivity contribution in [1.29, 1.82) is 0 Å². The van der Waals surface area contributed by atoms with Gasteiger partial charge in [0.15, 0.2) is 0 Å². The molecule has 1 aliphatic carbocycles. The number of rotatable bonds is 0. The van der Waals surface area contributed by atoms with Gasteiger partial charge >= 0.3 is 0 Å². The predicted octanol–water partition coefficient (Wildman–Crippen LogP) is 2.13. The highest BCUT2D eigenvalue weighted by Crippen LogP contribution is 2.39. The van der Waals surface area contributed by atoms with E-state index in [4.69, 9.17) is 0 Å². The van der Waals surface area contributed by atoms with Gasteiger partial charge in [0.1, 0.15) is 0 Å². The highest BCUT2D eigenvalue weighted by molar-refractivity contribution is 4.90. The molecule has 1 nitrogen and oxygen atoms in total. The Morgan fingerprint density at radius 1 is 1.18 bits per heavy atom. The zero-order valence-corrected chi connectivity index (χ0v) is 7.71. The van der Waals surface area contributed by atoms with Gasteiger partial charge in [0.2, 0.25) is 0 Å². The molecular weight excluding hydrogens is 134 g/mol. The Balaban J connectivity index is 2.05. The van der Waals surface area contributed by atoms with Gasteiger partial charge in [0, 0.05) is 12.6 Å². The molecule has 1 heteroatoms. The lowest BCUT2D eigenvalue weighted by molar-refractivity contribution is 0.251. The minimum Gasteiger partial charge on any atom is -0.303 e. The highest BCUT2D eigenvalue weighted by Gasteiger charge is 2.37. The van der Waals surface area contributed by atoms with Crippen molar-refractivity contribution in [2.45, 2.75) is 38.6 Å². The van der Waals surface area contributed by atoms with Crippen LogP contribution in [0.15, 0.2) is 0 Å². The van der Waals surface area contributed by atoms with Crippen molar-refractivity contribution < 1.29 is 0 Å². The average Bonchev–Trinajstić information content (AvgIpc) is 2.30. The fraction of sp³-hybridized carbons (Fsp3) is 1.00. The van der Waals surface area contributed by atoms with Crippen LogP contribution in [0.2, 0.25) is 0 Å². The molecule has 64 valence electrons. The second-order valence-corrected chi connectivity index (χ2v) is 4.39. The number of hydrogen-bond acceptors (Lipinski definition) is 1. The quantitative estimate of drug-likeness (QED) is 0.515. The molecule has 0 amide bonds. The van der Waals surface area contributed by atoms with Crippen LogP contribution in [0.3, 0.4) is 0 Å². The monoisotopic (exact) mass is 153 g/mol. The van der Waals surface area contributed by atoms with Crippen LogP contribution in [0.1, 0.15) is 32.6 Å². The average molecular weight is 153 g/mol. The smallest absolute Gasteiger partial charge is 0.00953 e. The summed E-state index contributed by atoms with van der Waals surface area (Å²) in [6.45, 7) is 3.77. The minimum atomic E-state index is 0.861. The fourth-order valence-corrected chi connectivity index (χ4v) is 2.96. The van der Waals surface area contributed by atoms with Crippen LogP contribution >= 0.6 is 0 Å². The molecule has 11 heavy (non-hydrogen) atoms. The van der Waals surface area contributed by atoms with Gasteiger partial charge in [-0.05, 0) is 38.6 Å². The molecule has 2 unspecified atom stereocenters. The van der Waals surface area contributed by atoms with Crippen molar-refractivity contribution >= 4 is 0 Å². The maximum Gasteiger partial charge on any atom is 0.00953 e. The van der Waals surface area contributed by atoms with E-state index in [-0.39, 0.29) is 0 Å². The van der Waals surface area contributed by atoms with E-state index in [1.54, 1.807) is 0 Å². The number of likely N-dealkylation sites (tertiary alicyclic amines) is 1. The Kier molecular flexibility index (Phi) is 1.92. The SMILES string of the molecule is C[C@@H]1C2CCCCC2CN1C. The third kappa shape index (κ3) is 1.20. The van der Waals surface area contributed by atoms with Crippen molar-refractivity contribution in [3.05, 3.63) is 0 Å². The Morgan fingerprint density at radius 3 is 2.64 bits per heavy atom. The molecule has 3 atom stereocenters. The van der Waals surface area contributed by atoms with Crippen LogP contribution < -0.4 is 0 Å². The maximum absolute atomic E-state index is 2.54. The molecule has 0 bridgehead atoms. The summed E-state index contributed by atoms with van der Waals surface area (Å²) in [4.78, 5) is 2.54. The Labute approximate surface area is 69.8 Å². The summed E-state index contributed by atoms with van der Waals surface area (Å²) >= 11 is 0. The zero-order valence-electron chi connectivity index (χ0n) is 7.71. The Bertz CT molecular complexity index is 144. The molecule has 0 N–H and O–H groups in total. The number of hydrogen-bond donors (Lipinski definition) is 0. The highest BCUT2D eigenvalue weighted by atomic mass is 15.2. The van der Waals surface area contributed by atoms with Gasteiger partial charge < -0.3 is 4.90 Å². The zero-order chi connectivity index (χ0) is 7.84. The summed E-state index contributed by atoms with van der Waals surface area (Å²) in [5.41, 5.74) is 0. The first-order valence-corrected chi connectivity index (χ1v) is 4.99. The van der Waals surface area contributed by atoms with Gasteiger partial charge in [-0.3, -0.25) is 0 Å². The standard InChI is InChI=1S/C10H19N/c1-8-10-6-4-3-5-9(10)7-11(8)2/h8-10H,3-7H2,1-2H3/t8-,9?,10?/m1/s1. The molecule has 0 spiro atoms. The van der Waals surface area contributed by atoms with Crippen LogP contribution in [0.4, 0.5) is 0 Å². The van der Waals surface area contributed by atoms with Crippen LogP contribution in [-0.2, 0) is 0 Å². The van der Waals surface area contributed by atoms with Crippen molar-refractivity contribution in [2.24, 2.45) is 11.8 Å². The van der Waals surface area contributed by atoms with E-state index in [1.807, 2.05) is 0 Å². The van der Waals surface area contributed by atoms with Gasteiger partial charge in [-0.2, -0.15) is 0 Å². The van der Waals surface area contributed by atoms with Gasteiger partial charge in [-0.1, -0.05) is 12.8 Å². The van der Waals surface area contributed by atoms with Crippen LogP contribution in [-0.4, -0.2) is 24.5 Å². The lowest BCUT2D eigenvalue weighted by atomic mass is 9.79. The largest absolute Gasteiger partial charge is 0.303 e. The van der Waals surface area contributed by atoms with Crippen LogP contribution in [0, 0.1) is 11.8 Å². The van der Waals surface area contributed by atoms with Crippen LogP contribution in [0.25, 0.3) is 0 Å². The lowest BCUT2D eigenvalue weighted by Crippen LogP contribution is -2.26. The van der Waals surface area contributed by atoms with Gasteiger partial charge in [0.05, 0.1) is 0 Å². The molecule has 1 saturated heterocycles. The van der Waals surface area contributed by atoms with E-state index < -0.39 is 0 Å². The predicted molar refractivity (Wildman–Crippen MR) is 47.5 cm³/mol. The van der Waals surface area contributed by atoms with E-state index in [2.05, 4.69) is 18.9 Å². The van der Waals surface area contributed by atoms with E-state index in [1.165, 1.54) is 32.2 Å². The summed E-state index contributed by atoms with van der Waals surface area (Å²) in [6.07, 6.45) is 5.97. The van der Waals surface area contributed by atoms with Gasteiger partial charge in [-0.15, -0.1) is 0 Å². The molecule has 1 heterocycles. The van der Waals surface area contributed by atoms with Crippen LogP contribution in [0.5, 0.6) is 0 Å². The Hall–Kier alpha value is -0.0400. The minimum absolute atomic E-state index is 0.861. The number of fused-ring (bicyclic) bond motifs is 1. The van der Waals surface area contributed by atoms with Crippen molar-refractivity contribution in [3.63, 3.8) is 0 Å². The number of nitrogens with zero attached hydrogens (tertiary/aromatic N) is 1. The van der Waals surface area contributed by atoms with Crippen molar-refractivity contribution in [1.82, 2.24) is 4.90 Å². The molecule has 0 aromatic heterocycles. The molecule has 2 fully saturated rings. The van der Waals surface area contributed by atoms with E-state index in [0.717, 1.165) is 17.9 Å². The molecule has 2 rings (SSSR count). The third-order valence-corrected chi connectivity index (χ3v) is 3.81. The first kappa shape index (κ1) is 7.60.